The molecule has 3 aliphatic rings. The van der Waals surface area contributed by atoms with Gasteiger partial charge >= 0.3 is 0 Å². The van der Waals surface area contributed by atoms with Gasteiger partial charge in [0, 0.05) is 55.3 Å². The third-order valence-corrected chi connectivity index (χ3v) is 7.13. The molecule has 10 heteroatoms. The Morgan fingerprint density at radius 3 is 2.63 bits per heavy atom. The summed E-state index contributed by atoms with van der Waals surface area (Å²) in [6, 6.07) is 0.797. The molecule has 0 radical (unpaired) electrons. The van der Waals surface area contributed by atoms with E-state index in [0.29, 0.717) is 5.41 Å². The van der Waals surface area contributed by atoms with Crippen LogP contribution < -0.4 is 5.32 Å². The van der Waals surface area contributed by atoms with Crippen molar-refractivity contribution in [2.75, 3.05) is 38.5 Å². The molecule has 0 amide bonds. The van der Waals surface area contributed by atoms with Crippen molar-refractivity contribution in [1.29, 1.82) is 0 Å². The van der Waals surface area contributed by atoms with Crippen LogP contribution in [0.3, 0.4) is 0 Å². The Bertz CT molecular complexity index is 519. The van der Waals surface area contributed by atoms with E-state index in [9.17, 15) is 0 Å². The van der Waals surface area contributed by atoms with Crippen molar-refractivity contribution in [3.8, 4) is 0 Å². The number of thiol groups is 1. The van der Waals surface area contributed by atoms with Crippen LogP contribution in [0.25, 0.3) is 0 Å². The van der Waals surface area contributed by atoms with E-state index in [0.717, 1.165) is 6.04 Å². The summed E-state index contributed by atoms with van der Waals surface area (Å²) < 4.78 is 9.34. The normalized spacial score (nSPS) is 26.0. The first-order valence-corrected chi connectivity index (χ1v) is 11.4. The van der Waals surface area contributed by atoms with Gasteiger partial charge in [-0.2, -0.15) is 0 Å². The second kappa shape index (κ2) is 17.0. The van der Waals surface area contributed by atoms with Gasteiger partial charge in [0.05, 0.1) is 0 Å². The molecule has 3 fully saturated rings. The number of rotatable bonds is 8. The first-order valence-electron chi connectivity index (χ1n) is 10.1. The minimum Gasteiger partial charge on any atom is -0.412 e. The van der Waals surface area contributed by atoms with Gasteiger partial charge in [0.25, 0.3) is 0 Å². The summed E-state index contributed by atoms with van der Waals surface area (Å²) in [5, 5.41) is 3.61. The zero-order valence-electron chi connectivity index (χ0n) is 18.1. The smallest absolute Gasteiger partial charge is 0.0338 e. The van der Waals surface area contributed by atoms with E-state index in [1.165, 1.54) is 82.7 Å². The summed E-state index contributed by atoms with van der Waals surface area (Å²) >= 11 is 4.62. The first-order chi connectivity index (χ1) is 13.2. The van der Waals surface area contributed by atoms with E-state index in [2.05, 4.69) is 70.2 Å². The van der Waals surface area contributed by atoms with E-state index in [4.69, 9.17) is 4.55 Å². The monoisotopic (exact) mass is 466 g/mol. The number of nitrogens with zero attached hydrogens (tertiary/aromatic N) is 3. The van der Waals surface area contributed by atoms with Crippen LogP contribution in [0.15, 0.2) is 29.0 Å². The zero-order valence-corrected chi connectivity index (χ0v) is 19.9. The highest BCUT2D eigenvalue weighted by Crippen LogP contribution is 2.42. The van der Waals surface area contributed by atoms with Gasteiger partial charge in [-0.15, -0.1) is 0 Å². The van der Waals surface area contributed by atoms with Crippen molar-refractivity contribution in [1.82, 2.24) is 14.5 Å². The summed E-state index contributed by atoms with van der Waals surface area (Å²) in [4.78, 5) is 6.38. The molecule has 3 rings (SSSR count). The van der Waals surface area contributed by atoms with Crippen LogP contribution in [0.1, 0.15) is 45.4 Å². The minimum atomic E-state index is 0. The summed E-state index contributed by atoms with van der Waals surface area (Å²) in [6.45, 7) is 11.8. The molecule has 0 aromatic heterocycles. The summed E-state index contributed by atoms with van der Waals surface area (Å²) in [5.74, 6) is 1.28. The topological polar surface area (TPSA) is 146 Å². The van der Waals surface area contributed by atoms with Crippen LogP contribution in [-0.2, 0) is 0 Å². The van der Waals surface area contributed by atoms with Gasteiger partial charge in [-0.05, 0) is 77.7 Å². The molecule has 0 aromatic rings. The molecular formula is C20H42N4O4S2. The van der Waals surface area contributed by atoms with Crippen LogP contribution in [0.5, 0.6) is 0 Å². The maximum atomic E-state index is 6.69. The molecule has 0 saturated carbocycles. The molecule has 2 atom stereocenters. The molecule has 3 heterocycles. The lowest BCUT2D eigenvalue weighted by atomic mass is 9.86. The number of likely N-dealkylation sites (tertiary alicyclic amines) is 1. The lowest BCUT2D eigenvalue weighted by Gasteiger charge is -2.26. The quantitative estimate of drug-likeness (QED) is 0.124. The van der Waals surface area contributed by atoms with Crippen LogP contribution in [0, 0.1) is 5.41 Å². The Labute approximate surface area is 191 Å². The van der Waals surface area contributed by atoms with Gasteiger partial charge in [-0.1, -0.05) is 18.0 Å². The van der Waals surface area contributed by atoms with Crippen molar-refractivity contribution < 1.29 is 21.0 Å². The first kappa shape index (κ1) is 31.6. The van der Waals surface area contributed by atoms with Gasteiger partial charge < -0.3 is 31.2 Å². The Morgan fingerprint density at radius 1 is 1.27 bits per heavy atom. The highest BCUT2D eigenvalue weighted by molar-refractivity contribution is 7.97. The molecule has 1 unspecified atom stereocenters. The lowest BCUT2D eigenvalue weighted by Crippen LogP contribution is -2.28. The minimum absolute atomic E-state index is 0. The zero-order chi connectivity index (χ0) is 19.5. The molecule has 3 saturated heterocycles. The molecule has 0 aromatic carbocycles. The number of hydrogen-bond donors (Lipinski definition) is 3. The van der Waals surface area contributed by atoms with Crippen molar-refractivity contribution >= 4 is 31.6 Å². The van der Waals surface area contributed by atoms with Crippen molar-refractivity contribution in [2.45, 2.75) is 51.5 Å². The predicted octanol–water partition coefficient (Wildman–Crippen LogP) is 1.60. The highest BCUT2D eigenvalue weighted by Gasteiger charge is 2.43. The number of aliphatic imine (C=N–C) groups is 1. The van der Waals surface area contributed by atoms with Crippen molar-refractivity contribution in [3.05, 3.63) is 24.0 Å². The number of allylic oxidation sites excluding steroid dienone is 2. The molecule has 3 aliphatic heterocycles. The Morgan fingerprint density at radius 2 is 2.00 bits per heavy atom. The van der Waals surface area contributed by atoms with Gasteiger partial charge in [0.1, 0.15) is 0 Å². The maximum Gasteiger partial charge on any atom is 0.0338 e. The predicted molar refractivity (Wildman–Crippen MR) is 132 cm³/mol. The fourth-order valence-corrected chi connectivity index (χ4v) is 5.67. The molecule has 0 aliphatic carbocycles. The average molecular weight is 467 g/mol. The second-order valence-electron chi connectivity index (χ2n) is 7.77. The summed E-state index contributed by atoms with van der Waals surface area (Å²) in [6.07, 6.45) is 14.2. The number of hydrogen-bond acceptors (Lipinski definition) is 7. The highest BCUT2D eigenvalue weighted by atomic mass is 32.2. The standard InChI is InChI=1S/C20H34N4S.H2OS.3H2O/c1-3-19(8-12-21-2)23-13-9-20(16-23)10-14-24(17-20)25-15-5-7-18-6-4-11-22-18;1-2;;;/h3,8,12,18,22H,2,4-7,9-11,13-17H2,1H3;1-2H;3*1H2/b12-8-,19-3+;;;;/t18-,20?;;;;/m0..../s1. The van der Waals surface area contributed by atoms with E-state index in [1.54, 1.807) is 6.20 Å². The summed E-state index contributed by atoms with van der Waals surface area (Å²) in [7, 11) is 0. The largest absolute Gasteiger partial charge is 0.412 e. The maximum absolute atomic E-state index is 6.69. The molecule has 30 heavy (non-hydrogen) atoms. The lowest BCUT2D eigenvalue weighted by molar-refractivity contribution is 0.305. The van der Waals surface area contributed by atoms with Gasteiger partial charge in [0.15, 0.2) is 0 Å². The van der Waals surface area contributed by atoms with Crippen LogP contribution >= 0.6 is 24.9 Å². The molecule has 8 N–H and O–H groups in total. The van der Waals surface area contributed by atoms with E-state index < -0.39 is 0 Å². The van der Waals surface area contributed by atoms with Crippen LogP contribution in [0.2, 0.25) is 0 Å². The average Bonchev–Trinajstić information content (AvgIpc) is 3.44. The Balaban J connectivity index is 0. The van der Waals surface area contributed by atoms with Gasteiger partial charge in [-0.3, -0.25) is 4.99 Å². The third-order valence-electron chi connectivity index (χ3n) is 5.99. The van der Waals surface area contributed by atoms with Crippen LogP contribution in [-0.4, -0.2) is 81.4 Å². The fourth-order valence-electron chi connectivity index (χ4n) is 4.53. The second-order valence-corrected chi connectivity index (χ2v) is 8.95. The van der Waals surface area contributed by atoms with Crippen molar-refractivity contribution in [3.63, 3.8) is 0 Å². The summed E-state index contributed by atoms with van der Waals surface area (Å²) in [5.41, 5.74) is 1.79. The Hall–Kier alpha value is -0.590. The molecule has 0 bridgehead atoms. The molecule has 178 valence electrons. The van der Waals surface area contributed by atoms with Crippen molar-refractivity contribution in [2.24, 2.45) is 10.4 Å². The SMILES string of the molecule is C=N/C=C\C(=C/C)N1CCC2(CCN(SCCC[C@@H]3CCCN3)C2)C1.O.O.O.OS. The van der Waals surface area contributed by atoms with Crippen LogP contribution in [0.4, 0.5) is 0 Å². The van der Waals surface area contributed by atoms with Gasteiger partial charge in [-0.25, -0.2) is 4.31 Å². The Kier molecular flexibility index (Phi) is 17.9. The molecule has 8 nitrogen and oxygen atoms in total. The van der Waals surface area contributed by atoms with E-state index >= 15 is 0 Å². The fraction of sp³-hybridized carbons (Fsp3) is 0.750. The third kappa shape index (κ3) is 9.27. The number of nitrogens with one attached hydrogen (secondary N) is 1. The van der Waals surface area contributed by atoms with E-state index in [-0.39, 0.29) is 16.4 Å². The van der Waals surface area contributed by atoms with E-state index in [1.807, 2.05) is 0 Å². The molecular weight excluding hydrogens is 424 g/mol. The molecule has 1 spiro atoms. The van der Waals surface area contributed by atoms with Gasteiger partial charge in [0.2, 0.25) is 0 Å².